The molecule has 1 amide bonds. The highest BCUT2D eigenvalue weighted by atomic mass is 32.1. The van der Waals surface area contributed by atoms with Crippen molar-refractivity contribution < 1.29 is 27.5 Å². The van der Waals surface area contributed by atoms with Crippen LogP contribution < -0.4 is 10.6 Å². The van der Waals surface area contributed by atoms with Crippen LogP contribution >= 0.6 is 11.3 Å². The number of esters is 1. The molecule has 10 heteroatoms. The maximum absolute atomic E-state index is 13.9. The Labute approximate surface area is 153 Å². The van der Waals surface area contributed by atoms with Crippen molar-refractivity contribution in [3.63, 3.8) is 0 Å². The fourth-order valence-corrected chi connectivity index (χ4v) is 3.46. The molecule has 26 heavy (non-hydrogen) atoms. The largest absolute Gasteiger partial charge is 0.463 e. The quantitative estimate of drug-likeness (QED) is 0.550. The monoisotopic (exact) mass is 391 g/mol. The summed E-state index contributed by atoms with van der Waals surface area (Å²) in [6.45, 7) is 5.83. The smallest absolute Gasteiger partial charge is 0.441 e. The molecule has 1 aromatic heterocycles. The van der Waals surface area contributed by atoms with Gasteiger partial charge in [-0.3, -0.25) is 4.79 Å². The van der Waals surface area contributed by atoms with Crippen LogP contribution in [0.25, 0.3) is 0 Å². The molecule has 0 aliphatic heterocycles. The maximum Gasteiger partial charge on any atom is 0.441 e. The van der Waals surface area contributed by atoms with Crippen LogP contribution in [0, 0.1) is 18.3 Å². The fraction of sp³-hybridized carbons (Fsp3) is 0.562. The average molecular weight is 391 g/mol. The van der Waals surface area contributed by atoms with Gasteiger partial charge >= 0.3 is 17.8 Å². The van der Waals surface area contributed by atoms with Crippen molar-refractivity contribution in [3.8, 4) is 6.07 Å². The van der Waals surface area contributed by atoms with Gasteiger partial charge in [0.1, 0.15) is 11.1 Å². The lowest BCUT2D eigenvalue weighted by atomic mass is 10.1. The zero-order valence-electron chi connectivity index (χ0n) is 14.8. The zero-order valence-corrected chi connectivity index (χ0v) is 15.7. The molecule has 0 unspecified atom stereocenters. The van der Waals surface area contributed by atoms with Crippen molar-refractivity contribution >= 4 is 28.2 Å². The highest BCUT2D eigenvalue weighted by Crippen LogP contribution is 2.39. The van der Waals surface area contributed by atoms with E-state index < -0.39 is 23.7 Å². The van der Waals surface area contributed by atoms with Crippen LogP contribution in [0.4, 0.5) is 18.2 Å². The lowest BCUT2D eigenvalue weighted by Crippen LogP contribution is -2.69. The number of carbonyl (C=O) groups is 2. The average Bonchev–Trinajstić information content (AvgIpc) is 2.87. The number of halogens is 3. The highest BCUT2D eigenvalue weighted by Gasteiger charge is 2.64. The Morgan fingerprint density at radius 1 is 1.27 bits per heavy atom. The molecule has 2 N–H and O–H groups in total. The van der Waals surface area contributed by atoms with Gasteiger partial charge in [-0.2, -0.15) is 18.4 Å². The first kappa shape index (κ1) is 21.8. The number of aryl methyl sites for hydroxylation is 1. The molecular formula is C16H20F3N3O3S. The van der Waals surface area contributed by atoms with Gasteiger partial charge in [0, 0.05) is 11.3 Å². The van der Waals surface area contributed by atoms with E-state index in [1.165, 1.54) is 13.8 Å². The summed E-state index contributed by atoms with van der Waals surface area (Å²) in [5.41, 5.74) is -2.88. The lowest BCUT2D eigenvalue weighted by molar-refractivity contribution is -0.207. The molecule has 0 saturated heterocycles. The molecule has 0 aliphatic carbocycles. The Morgan fingerprint density at radius 2 is 1.88 bits per heavy atom. The van der Waals surface area contributed by atoms with Crippen LogP contribution in [0.1, 0.15) is 43.2 Å². The van der Waals surface area contributed by atoms with Crippen molar-refractivity contribution in [2.45, 2.75) is 52.4 Å². The number of rotatable bonds is 7. The van der Waals surface area contributed by atoms with Gasteiger partial charge in [0.2, 0.25) is 5.91 Å². The molecule has 1 aromatic rings. The van der Waals surface area contributed by atoms with Gasteiger partial charge in [0.15, 0.2) is 0 Å². The molecule has 6 nitrogen and oxygen atoms in total. The number of nitrogens with one attached hydrogen (secondary N) is 2. The third kappa shape index (κ3) is 4.09. The first-order valence-corrected chi connectivity index (χ1v) is 8.74. The Hall–Kier alpha value is -2.28. The summed E-state index contributed by atoms with van der Waals surface area (Å²) in [4.78, 5) is 24.6. The Morgan fingerprint density at radius 3 is 2.31 bits per heavy atom. The van der Waals surface area contributed by atoms with Gasteiger partial charge in [-0.15, -0.1) is 11.3 Å². The van der Waals surface area contributed by atoms with E-state index in [2.05, 4.69) is 10.1 Å². The standard InChI is InChI=1S/C16H20F3N3O3S/c1-5-10-9(4)26-13(11(10)8-20)22-15(16(17,18)19,14(24)25-7-3)21-12(23)6-2/h22H,5-7H2,1-4H3,(H,21,23)/t15-/m0/s1. The van der Waals surface area contributed by atoms with Gasteiger partial charge in [-0.05, 0) is 25.8 Å². The van der Waals surface area contributed by atoms with E-state index in [9.17, 15) is 28.0 Å². The number of hydrogen-bond acceptors (Lipinski definition) is 6. The van der Waals surface area contributed by atoms with E-state index in [4.69, 9.17) is 0 Å². The number of anilines is 1. The van der Waals surface area contributed by atoms with Gasteiger partial charge < -0.3 is 15.4 Å². The first-order chi connectivity index (χ1) is 12.1. The number of nitriles is 1. The SMILES string of the molecule is CCOC(=O)[C@](NC(=O)CC)(Nc1sc(C)c(CC)c1C#N)C(F)(F)F. The first-order valence-electron chi connectivity index (χ1n) is 7.93. The number of hydrogen-bond donors (Lipinski definition) is 2. The van der Waals surface area contributed by atoms with Crippen molar-refractivity contribution in [1.82, 2.24) is 5.32 Å². The van der Waals surface area contributed by atoms with E-state index >= 15 is 0 Å². The van der Waals surface area contributed by atoms with Crippen molar-refractivity contribution in [1.29, 1.82) is 5.26 Å². The molecule has 0 aliphatic rings. The predicted octanol–water partition coefficient (Wildman–Crippen LogP) is 3.25. The summed E-state index contributed by atoms with van der Waals surface area (Å²) < 4.78 is 46.3. The number of alkyl halides is 3. The Balaban J connectivity index is 3.57. The van der Waals surface area contributed by atoms with E-state index in [0.29, 0.717) is 16.9 Å². The molecule has 0 spiro atoms. The maximum atomic E-state index is 13.9. The van der Waals surface area contributed by atoms with Gasteiger partial charge in [0.25, 0.3) is 0 Å². The Kier molecular flexibility index (Phi) is 7.03. The predicted molar refractivity (Wildman–Crippen MR) is 90.6 cm³/mol. The zero-order chi connectivity index (χ0) is 20.1. The van der Waals surface area contributed by atoms with Crippen LogP contribution in [0.2, 0.25) is 0 Å². The molecule has 0 radical (unpaired) electrons. The second-order valence-corrected chi connectivity index (χ2v) is 6.53. The minimum atomic E-state index is -5.21. The van der Waals surface area contributed by atoms with E-state index in [-0.39, 0.29) is 23.6 Å². The van der Waals surface area contributed by atoms with E-state index in [1.54, 1.807) is 19.2 Å². The number of amides is 1. The van der Waals surface area contributed by atoms with Crippen LogP contribution in [0.5, 0.6) is 0 Å². The summed E-state index contributed by atoms with van der Waals surface area (Å²) >= 11 is 0.911. The number of thiophene rings is 1. The molecule has 0 bridgehead atoms. The molecule has 0 aromatic carbocycles. The third-order valence-corrected chi connectivity index (χ3v) is 4.69. The minimum absolute atomic E-state index is 0.0127. The van der Waals surface area contributed by atoms with Crippen LogP contribution in [-0.4, -0.2) is 30.3 Å². The van der Waals surface area contributed by atoms with Gasteiger partial charge in [0.05, 0.1) is 12.2 Å². The summed E-state index contributed by atoms with van der Waals surface area (Å²) in [7, 11) is 0. The molecular weight excluding hydrogens is 371 g/mol. The van der Waals surface area contributed by atoms with Crippen LogP contribution in [0.15, 0.2) is 0 Å². The lowest BCUT2D eigenvalue weighted by Gasteiger charge is -2.34. The van der Waals surface area contributed by atoms with Crippen molar-refractivity contribution in [3.05, 3.63) is 16.0 Å². The van der Waals surface area contributed by atoms with Crippen LogP contribution in [0.3, 0.4) is 0 Å². The minimum Gasteiger partial charge on any atom is -0.463 e. The molecule has 1 atom stereocenters. The van der Waals surface area contributed by atoms with Crippen molar-refractivity contribution in [2.75, 3.05) is 11.9 Å². The van der Waals surface area contributed by atoms with Gasteiger partial charge in [-0.25, -0.2) is 4.79 Å². The summed E-state index contributed by atoms with van der Waals surface area (Å²) in [6, 6.07) is 1.86. The summed E-state index contributed by atoms with van der Waals surface area (Å²) in [6.07, 6.45) is -5.04. The molecule has 144 valence electrons. The number of carbonyl (C=O) groups excluding carboxylic acids is 2. The highest BCUT2D eigenvalue weighted by molar-refractivity contribution is 7.16. The van der Waals surface area contributed by atoms with Crippen LogP contribution in [-0.2, 0) is 20.7 Å². The Bertz CT molecular complexity index is 725. The van der Waals surface area contributed by atoms with E-state index in [1.807, 2.05) is 6.07 Å². The molecule has 0 saturated carbocycles. The number of ether oxygens (including phenoxy) is 1. The third-order valence-electron chi connectivity index (χ3n) is 3.63. The normalized spacial score (nSPS) is 13.5. The molecule has 1 heterocycles. The van der Waals surface area contributed by atoms with Gasteiger partial charge in [-0.1, -0.05) is 13.8 Å². The topological polar surface area (TPSA) is 91.2 Å². The summed E-state index contributed by atoms with van der Waals surface area (Å²) in [5.74, 6) is -2.69. The molecule has 0 fully saturated rings. The summed E-state index contributed by atoms with van der Waals surface area (Å²) in [5, 5.41) is 13.0. The second-order valence-electron chi connectivity index (χ2n) is 5.30. The van der Waals surface area contributed by atoms with Crippen molar-refractivity contribution in [2.24, 2.45) is 0 Å². The van der Waals surface area contributed by atoms with E-state index in [0.717, 1.165) is 11.3 Å². The fourth-order valence-electron chi connectivity index (χ4n) is 2.31. The molecule has 1 rings (SSSR count). The second kappa shape index (κ2) is 8.40. The number of nitrogens with zero attached hydrogens (tertiary/aromatic N) is 1.